The van der Waals surface area contributed by atoms with Crippen LogP contribution in [0.15, 0.2) is 0 Å². The fourth-order valence-corrected chi connectivity index (χ4v) is 3.77. The van der Waals surface area contributed by atoms with Gasteiger partial charge in [-0.3, -0.25) is 4.79 Å². The largest absolute Gasteiger partial charge is 0.337 e. The Balaban J connectivity index is 0.00000242. The van der Waals surface area contributed by atoms with Gasteiger partial charge in [-0.15, -0.1) is 36.2 Å². The Labute approximate surface area is 156 Å². The van der Waals surface area contributed by atoms with Crippen molar-refractivity contribution in [3.05, 3.63) is 15.6 Å². The number of carbonyl (C=O) groups excluding carboxylic acids is 1. The van der Waals surface area contributed by atoms with Crippen LogP contribution in [-0.2, 0) is 6.42 Å². The maximum atomic E-state index is 12.9. The summed E-state index contributed by atoms with van der Waals surface area (Å²) in [6.45, 7) is 12.1. The summed E-state index contributed by atoms with van der Waals surface area (Å²) in [6.07, 6.45) is 1.73. The molecule has 1 aliphatic heterocycles. The van der Waals surface area contributed by atoms with Crippen molar-refractivity contribution in [1.82, 2.24) is 9.88 Å². The van der Waals surface area contributed by atoms with Crippen molar-refractivity contribution in [1.29, 1.82) is 0 Å². The third kappa shape index (κ3) is 5.31. The number of nitrogens with two attached hydrogens (primary N) is 1. The topological polar surface area (TPSA) is 59.2 Å². The summed E-state index contributed by atoms with van der Waals surface area (Å²) in [6, 6.07) is 0.167. The molecule has 0 bridgehead atoms. The van der Waals surface area contributed by atoms with E-state index in [0.29, 0.717) is 5.92 Å². The Morgan fingerprint density at radius 1 is 1.43 bits per heavy atom. The van der Waals surface area contributed by atoms with E-state index in [4.69, 9.17) is 5.73 Å². The Hall–Kier alpha value is -0.360. The molecule has 0 radical (unpaired) electrons. The predicted octanol–water partition coefficient (Wildman–Crippen LogP) is 3.69. The van der Waals surface area contributed by atoms with Crippen LogP contribution in [0.4, 0.5) is 0 Å². The molecule has 1 unspecified atom stereocenters. The lowest BCUT2D eigenvalue weighted by molar-refractivity contribution is 0.0536. The quantitative estimate of drug-likeness (QED) is 0.867. The van der Waals surface area contributed by atoms with Crippen LogP contribution in [0.5, 0.6) is 0 Å². The summed E-state index contributed by atoms with van der Waals surface area (Å²) in [5, 5.41) is 0.974. The molecule has 4 nitrogen and oxygen atoms in total. The molecule has 0 spiro atoms. The lowest BCUT2D eigenvalue weighted by atomic mass is 9.79. The highest BCUT2D eigenvalue weighted by Crippen LogP contribution is 2.30. The van der Waals surface area contributed by atoms with Crippen molar-refractivity contribution in [2.75, 3.05) is 13.1 Å². The van der Waals surface area contributed by atoms with Crippen LogP contribution in [0.2, 0.25) is 0 Å². The summed E-state index contributed by atoms with van der Waals surface area (Å²) in [7, 11) is 0. The SMILES string of the molecule is Cc1nc(CC(C)C)c(C(=O)N2CCC(N)C(C)(C)C2)s1.Cl.Cl. The molecule has 2 rings (SSSR count). The molecule has 1 amide bonds. The molecule has 1 fully saturated rings. The number of thiazole rings is 1. The van der Waals surface area contributed by atoms with Gasteiger partial charge in [-0.05, 0) is 31.1 Å². The van der Waals surface area contributed by atoms with Crippen LogP contribution >= 0.6 is 36.2 Å². The van der Waals surface area contributed by atoms with E-state index in [2.05, 4.69) is 32.7 Å². The summed E-state index contributed by atoms with van der Waals surface area (Å²) in [4.78, 5) is 20.2. The van der Waals surface area contributed by atoms with Gasteiger partial charge in [0.05, 0.1) is 10.7 Å². The van der Waals surface area contributed by atoms with Crippen molar-refractivity contribution < 1.29 is 4.79 Å². The minimum absolute atomic E-state index is 0. The number of amides is 1. The summed E-state index contributed by atoms with van der Waals surface area (Å²) in [5.41, 5.74) is 7.11. The Morgan fingerprint density at radius 3 is 2.57 bits per heavy atom. The molecular formula is C16H29Cl2N3OS. The third-order valence-electron chi connectivity index (χ3n) is 4.20. The number of likely N-dealkylation sites (tertiary alicyclic amines) is 1. The zero-order valence-electron chi connectivity index (χ0n) is 14.6. The first-order valence-corrected chi connectivity index (χ1v) is 8.53. The molecule has 23 heavy (non-hydrogen) atoms. The first kappa shape index (κ1) is 22.6. The molecule has 0 aromatic carbocycles. The number of hydrogen-bond acceptors (Lipinski definition) is 4. The predicted molar refractivity (Wildman–Crippen MR) is 102 cm³/mol. The molecule has 1 saturated heterocycles. The van der Waals surface area contributed by atoms with Crippen molar-refractivity contribution in [3.8, 4) is 0 Å². The molecule has 1 aromatic rings. The highest BCUT2D eigenvalue weighted by atomic mass is 35.5. The zero-order chi connectivity index (χ0) is 15.8. The van der Waals surface area contributed by atoms with Gasteiger partial charge < -0.3 is 10.6 Å². The zero-order valence-corrected chi connectivity index (χ0v) is 17.0. The average Bonchev–Trinajstić information content (AvgIpc) is 2.71. The van der Waals surface area contributed by atoms with E-state index in [9.17, 15) is 4.79 Å². The van der Waals surface area contributed by atoms with Crippen molar-refractivity contribution in [2.45, 2.75) is 53.5 Å². The van der Waals surface area contributed by atoms with Gasteiger partial charge in [-0.25, -0.2) is 4.98 Å². The Kier molecular flexibility index (Phi) is 8.52. The molecule has 7 heteroatoms. The summed E-state index contributed by atoms with van der Waals surface area (Å²) < 4.78 is 0. The van der Waals surface area contributed by atoms with Crippen LogP contribution < -0.4 is 5.73 Å². The van der Waals surface area contributed by atoms with E-state index in [1.807, 2.05) is 11.8 Å². The number of aromatic nitrogens is 1. The monoisotopic (exact) mass is 381 g/mol. The van der Waals surface area contributed by atoms with Gasteiger partial charge in [0.1, 0.15) is 4.88 Å². The number of rotatable bonds is 3. The van der Waals surface area contributed by atoms with Crippen LogP contribution in [0.1, 0.15) is 54.5 Å². The molecule has 1 aromatic heterocycles. The van der Waals surface area contributed by atoms with Gasteiger partial charge >= 0.3 is 0 Å². The maximum absolute atomic E-state index is 12.9. The fourth-order valence-electron chi connectivity index (χ4n) is 2.85. The number of nitrogens with zero attached hydrogens (tertiary/aromatic N) is 2. The number of piperidine rings is 1. The second-order valence-corrected chi connectivity index (χ2v) is 8.42. The lowest BCUT2D eigenvalue weighted by Crippen LogP contribution is -2.54. The Bertz CT molecular complexity index is 531. The van der Waals surface area contributed by atoms with Crippen molar-refractivity contribution in [2.24, 2.45) is 17.1 Å². The number of hydrogen-bond donors (Lipinski definition) is 1. The highest BCUT2D eigenvalue weighted by molar-refractivity contribution is 7.13. The molecule has 1 atom stereocenters. The number of aryl methyl sites for hydroxylation is 1. The van der Waals surface area contributed by atoms with Gasteiger partial charge in [-0.1, -0.05) is 27.7 Å². The van der Waals surface area contributed by atoms with Crippen LogP contribution in [0.25, 0.3) is 0 Å². The molecule has 2 heterocycles. The van der Waals surface area contributed by atoms with Gasteiger partial charge in [0.25, 0.3) is 5.91 Å². The van der Waals surface area contributed by atoms with Gasteiger partial charge in [0, 0.05) is 19.1 Å². The molecule has 0 aliphatic carbocycles. The van der Waals surface area contributed by atoms with Crippen LogP contribution in [-0.4, -0.2) is 34.9 Å². The molecule has 134 valence electrons. The Morgan fingerprint density at radius 2 is 2.04 bits per heavy atom. The maximum Gasteiger partial charge on any atom is 0.265 e. The third-order valence-corrected chi connectivity index (χ3v) is 5.20. The number of halogens is 2. The van der Waals surface area contributed by atoms with E-state index < -0.39 is 0 Å². The van der Waals surface area contributed by atoms with E-state index in [-0.39, 0.29) is 42.2 Å². The van der Waals surface area contributed by atoms with Gasteiger partial charge in [0.2, 0.25) is 0 Å². The lowest BCUT2D eigenvalue weighted by Gasteiger charge is -2.42. The molecule has 2 N–H and O–H groups in total. The molecule has 0 saturated carbocycles. The minimum atomic E-state index is -0.0220. The van der Waals surface area contributed by atoms with E-state index in [0.717, 1.165) is 41.5 Å². The minimum Gasteiger partial charge on any atom is -0.337 e. The van der Waals surface area contributed by atoms with Gasteiger partial charge in [-0.2, -0.15) is 0 Å². The van der Waals surface area contributed by atoms with E-state index in [1.54, 1.807) is 0 Å². The number of carbonyl (C=O) groups is 1. The summed E-state index contributed by atoms with van der Waals surface area (Å²) in [5.74, 6) is 0.639. The molecular weight excluding hydrogens is 353 g/mol. The fraction of sp³-hybridized carbons (Fsp3) is 0.750. The average molecular weight is 382 g/mol. The standard InChI is InChI=1S/C16H27N3OS.2ClH/c1-10(2)8-12-14(21-11(3)18-12)15(20)19-7-6-13(17)16(4,5)9-19;;/h10,13H,6-9,17H2,1-5H3;2*1H. The van der Waals surface area contributed by atoms with E-state index in [1.165, 1.54) is 11.3 Å². The van der Waals surface area contributed by atoms with Crippen molar-refractivity contribution >= 4 is 42.1 Å². The second-order valence-electron chi connectivity index (χ2n) is 7.22. The van der Waals surface area contributed by atoms with Crippen molar-refractivity contribution in [3.63, 3.8) is 0 Å². The van der Waals surface area contributed by atoms with E-state index >= 15 is 0 Å². The van der Waals surface area contributed by atoms with Crippen LogP contribution in [0.3, 0.4) is 0 Å². The smallest absolute Gasteiger partial charge is 0.265 e. The normalized spacial score (nSPS) is 20.0. The first-order valence-electron chi connectivity index (χ1n) is 7.72. The van der Waals surface area contributed by atoms with Gasteiger partial charge in [0.15, 0.2) is 0 Å². The second kappa shape index (κ2) is 8.65. The summed E-state index contributed by atoms with van der Waals surface area (Å²) >= 11 is 1.53. The first-order chi connectivity index (χ1) is 9.70. The highest BCUT2D eigenvalue weighted by Gasteiger charge is 2.36. The van der Waals surface area contributed by atoms with Crippen LogP contribution in [0, 0.1) is 18.3 Å². The molecule has 1 aliphatic rings.